The fraction of sp³-hybridized carbons (Fsp3) is 0.375. The number of hydrogen-bond donors (Lipinski definition) is 1. The van der Waals surface area contributed by atoms with Crippen molar-refractivity contribution < 1.29 is 4.79 Å². The summed E-state index contributed by atoms with van der Waals surface area (Å²) < 4.78 is 3.48. The Labute approximate surface area is 142 Å². The summed E-state index contributed by atoms with van der Waals surface area (Å²) in [4.78, 5) is 23.9. The number of benzene rings is 1. The van der Waals surface area contributed by atoms with Crippen LogP contribution >= 0.6 is 11.8 Å². The molecule has 2 heterocycles. The van der Waals surface area contributed by atoms with E-state index in [0.29, 0.717) is 28.8 Å². The number of rotatable bonds is 6. The van der Waals surface area contributed by atoms with E-state index in [-0.39, 0.29) is 11.3 Å². The van der Waals surface area contributed by atoms with Crippen LogP contribution in [-0.2, 0) is 11.3 Å². The highest BCUT2D eigenvalue weighted by Gasteiger charge is 2.17. The van der Waals surface area contributed by atoms with Crippen LogP contribution in [0.3, 0.4) is 0 Å². The third kappa shape index (κ3) is 3.01. The summed E-state index contributed by atoms with van der Waals surface area (Å²) in [5, 5.41) is 9.50. The van der Waals surface area contributed by atoms with Crippen LogP contribution in [0.1, 0.15) is 20.3 Å². The predicted molar refractivity (Wildman–Crippen MR) is 94.1 cm³/mol. The Morgan fingerprint density at radius 1 is 1.29 bits per heavy atom. The summed E-state index contributed by atoms with van der Waals surface area (Å²) >= 11 is 1.22. The minimum absolute atomic E-state index is 0.0717. The van der Waals surface area contributed by atoms with Crippen LogP contribution in [0.25, 0.3) is 16.7 Å². The molecule has 0 aliphatic carbocycles. The summed E-state index contributed by atoms with van der Waals surface area (Å²) in [6, 6.07) is 7.35. The summed E-state index contributed by atoms with van der Waals surface area (Å²) in [6.45, 7) is 4.80. The number of thioether (sulfide) groups is 1. The highest BCUT2D eigenvalue weighted by molar-refractivity contribution is 7.99. The third-order valence-electron chi connectivity index (χ3n) is 3.75. The van der Waals surface area contributed by atoms with Gasteiger partial charge in [0, 0.05) is 6.54 Å². The van der Waals surface area contributed by atoms with Crippen molar-refractivity contribution in [2.45, 2.75) is 32.0 Å². The molecule has 0 saturated carbocycles. The number of nitrogens with zero attached hydrogens (tertiary/aromatic N) is 4. The maximum absolute atomic E-state index is 12.8. The van der Waals surface area contributed by atoms with Crippen molar-refractivity contribution in [3.8, 4) is 0 Å². The molecule has 0 aliphatic heterocycles. The number of aryl methyl sites for hydroxylation is 1. The Kier molecular flexibility index (Phi) is 4.57. The van der Waals surface area contributed by atoms with Crippen LogP contribution in [0.2, 0.25) is 0 Å². The molecule has 0 atom stereocenters. The lowest BCUT2D eigenvalue weighted by Crippen LogP contribution is -2.24. The van der Waals surface area contributed by atoms with E-state index in [4.69, 9.17) is 5.73 Å². The molecule has 0 radical (unpaired) electrons. The van der Waals surface area contributed by atoms with E-state index in [1.807, 2.05) is 22.6 Å². The molecule has 1 aromatic carbocycles. The second-order valence-electron chi connectivity index (χ2n) is 6.03. The van der Waals surface area contributed by atoms with Gasteiger partial charge in [0.2, 0.25) is 11.7 Å². The van der Waals surface area contributed by atoms with Gasteiger partial charge in [0.05, 0.1) is 16.7 Å². The molecule has 0 bridgehead atoms. The van der Waals surface area contributed by atoms with Gasteiger partial charge < -0.3 is 5.73 Å². The van der Waals surface area contributed by atoms with Crippen LogP contribution in [-0.4, -0.2) is 30.8 Å². The SMILES string of the molecule is CC(C)CCn1c(=O)c2ccccc2n2c(SCC(N)=O)nnc12. The van der Waals surface area contributed by atoms with Crippen LogP contribution in [0.15, 0.2) is 34.2 Å². The Bertz CT molecular complexity index is 960. The van der Waals surface area contributed by atoms with Crippen molar-refractivity contribution in [3.63, 3.8) is 0 Å². The van der Waals surface area contributed by atoms with Gasteiger partial charge in [-0.3, -0.25) is 18.6 Å². The number of primary amides is 1. The van der Waals surface area contributed by atoms with Gasteiger partial charge in [-0.25, -0.2) is 0 Å². The molecule has 1 amide bonds. The molecule has 126 valence electrons. The minimum atomic E-state index is -0.422. The molecule has 8 heteroatoms. The summed E-state index contributed by atoms with van der Waals surface area (Å²) in [5.74, 6) is 0.649. The lowest BCUT2D eigenvalue weighted by Gasteiger charge is -2.12. The molecule has 0 saturated heterocycles. The van der Waals surface area contributed by atoms with E-state index >= 15 is 0 Å². The van der Waals surface area contributed by atoms with Gasteiger partial charge in [0.25, 0.3) is 5.56 Å². The first-order valence-corrected chi connectivity index (χ1v) is 8.75. The molecule has 3 rings (SSSR count). The highest BCUT2D eigenvalue weighted by Crippen LogP contribution is 2.21. The van der Waals surface area contributed by atoms with Crippen LogP contribution in [0.5, 0.6) is 0 Å². The lowest BCUT2D eigenvalue weighted by atomic mass is 10.1. The second-order valence-corrected chi connectivity index (χ2v) is 6.97. The minimum Gasteiger partial charge on any atom is -0.369 e. The molecular weight excluding hydrogens is 326 g/mol. The van der Waals surface area contributed by atoms with Gasteiger partial charge in [0.15, 0.2) is 5.16 Å². The molecule has 7 nitrogen and oxygen atoms in total. The number of aromatic nitrogens is 4. The fourth-order valence-corrected chi connectivity index (χ4v) is 3.23. The maximum Gasteiger partial charge on any atom is 0.262 e. The molecule has 2 N–H and O–H groups in total. The zero-order valence-corrected chi connectivity index (χ0v) is 14.4. The lowest BCUT2D eigenvalue weighted by molar-refractivity contribution is -0.115. The number of fused-ring (bicyclic) bond motifs is 3. The predicted octanol–water partition coefficient (Wildman–Crippen LogP) is 1.67. The number of carbonyl (C=O) groups is 1. The Morgan fingerprint density at radius 3 is 2.75 bits per heavy atom. The van der Waals surface area contributed by atoms with Gasteiger partial charge in [-0.1, -0.05) is 37.7 Å². The Balaban J connectivity index is 2.24. The average Bonchev–Trinajstić information content (AvgIpc) is 2.96. The molecule has 0 unspecified atom stereocenters. The van der Waals surface area contributed by atoms with E-state index in [9.17, 15) is 9.59 Å². The number of amides is 1. The van der Waals surface area contributed by atoms with Crippen LogP contribution in [0.4, 0.5) is 0 Å². The van der Waals surface area contributed by atoms with E-state index in [0.717, 1.165) is 11.9 Å². The van der Waals surface area contributed by atoms with Crippen molar-refractivity contribution in [2.24, 2.45) is 11.7 Å². The molecule has 0 spiro atoms. The number of para-hydroxylation sites is 1. The molecule has 2 aromatic heterocycles. The number of nitrogens with two attached hydrogens (primary N) is 1. The molecule has 3 aromatic rings. The quantitative estimate of drug-likeness (QED) is 0.686. The largest absolute Gasteiger partial charge is 0.369 e. The van der Waals surface area contributed by atoms with E-state index in [2.05, 4.69) is 24.0 Å². The first kappa shape index (κ1) is 16.5. The average molecular weight is 345 g/mol. The molecule has 24 heavy (non-hydrogen) atoms. The number of carbonyl (C=O) groups excluding carboxylic acids is 1. The zero-order chi connectivity index (χ0) is 17.3. The van der Waals surface area contributed by atoms with Gasteiger partial charge in [-0.15, -0.1) is 10.2 Å². The van der Waals surface area contributed by atoms with Crippen LogP contribution in [0, 0.1) is 5.92 Å². The molecule has 0 fully saturated rings. The smallest absolute Gasteiger partial charge is 0.262 e. The monoisotopic (exact) mass is 345 g/mol. The standard InChI is InChI=1S/C16H19N5O2S/c1-10(2)7-8-20-14(23)11-5-3-4-6-12(11)21-15(20)18-19-16(21)24-9-13(17)22/h3-6,10H,7-9H2,1-2H3,(H2,17,22). The Hall–Kier alpha value is -2.35. The summed E-state index contributed by atoms with van der Waals surface area (Å²) in [5.41, 5.74) is 5.89. The normalized spacial score (nSPS) is 11.6. The number of hydrogen-bond acceptors (Lipinski definition) is 5. The van der Waals surface area contributed by atoms with Crippen LogP contribution < -0.4 is 11.3 Å². The van der Waals surface area contributed by atoms with E-state index < -0.39 is 5.91 Å². The maximum atomic E-state index is 12.8. The zero-order valence-electron chi connectivity index (χ0n) is 13.6. The van der Waals surface area contributed by atoms with Crippen molar-refractivity contribution in [2.75, 3.05) is 5.75 Å². The second kappa shape index (κ2) is 6.64. The first-order chi connectivity index (χ1) is 11.5. The van der Waals surface area contributed by atoms with Gasteiger partial charge >= 0.3 is 0 Å². The molecule has 0 aliphatic rings. The van der Waals surface area contributed by atoms with Gasteiger partial charge in [-0.05, 0) is 24.5 Å². The van der Waals surface area contributed by atoms with Crippen molar-refractivity contribution >= 4 is 34.3 Å². The highest BCUT2D eigenvalue weighted by atomic mass is 32.2. The fourth-order valence-electron chi connectivity index (χ4n) is 2.55. The third-order valence-corrected chi connectivity index (χ3v) is 4.70. The topological polar surface area (TPSA) is 95.3 Å². The van der Waals surface area contributed by atoms with E-state index in [1.54, 1.807) is 10.6 Å². The summed E-state index contributed by atoms with van der Waals surface area (Å²) in [6.07, 6.45) is 0.866. The Morgan fingerprint density at radius 2 is 2.04 bits per heavy atom. The van der Waals surface area contributed by atoms with Crippen molar-refractivity contribution in [1.82, 2.24) is 19.2 Å². The van der Waals surface area contributed by atoms with Crippen molar-refractivity contribution in [1.29, 1.82) is 0 Å². The van der Waals surface area contributed by atoms with Gasteiger partial charge in [-0.2, -0.15) is 0 Å². The summed E-state index contributed by atoms with van der Waals surface area (Å²) in [7, 11) is 0. The van der Waals surface area contributed by atoms with Crippen molar-refractivity contribution in [3.05, 3.63) is 34.6 Å². The van der Waals surface area contributed by atoms with Gasteiger partial charge in [0.1, 0.15) is 0 Å². The first-order valence-electron chi connectivity index (χ1n) is 7.77. The van der Waals surface area contributed by atoms with E-state index in [1.165, 1.54) is 11.8 Å². The molecular formula is C16H19N5O2S.